The van der Waals surface area contributed by atoms with E-state index in [0.29, 0.717) is 31.2 Å². The van der Waals surface area contributed by atoms with Crippen LogP contribution in [0.4, 0.5) is 5.69 Å². The first-order valence-corrected chi connectivity index (χ1v) is 9.82. The Morgan fingerprint density at radius 1 is 0.893 bits per heavy atom. The Labute approximate surface area is 166 Å². The monoisotopic (exact) mass is 380 g/mol. The standard InChI is InChI=1S/C23H28N2O3/c1-17(2)16-28-22-10-6-20(7-11-22)23(27)25-14-12-24(13-15-25)21-8-4-19(5-9-21)18(3)26/h4-11,17H,12-16H2,1-3H3. The molecule has 0 bridgehead atoms. The summed E-state index contributed by atoms with van der Waals surface area (Å²) in [5, 5.41) is 0. The quantitative estimate of drug-likeness (QED) is 0.714. The summed E-state index contributed by atoms with van der Waals surface area (Å²) in [6, 6.07) is 15.1. The molecule has 28 heavy (non-hydrogen) atoms. The smallest absolute Gasteiger partial charge is 0.253 e. The summed E-state index contributed by atoms with van der Waals surface area (Å²) in [6.07, 6.45) is 0. The number of hydrogen-bond donors (Lipinski definition) is 0. The summed E-state index contributed by atoms with van der Waals surface area (Å²) in [5.74, 6) is 1.39. The molecular formula is C23H28N2O3. The summed E-state index contributed by atoms with van der Waals surface area (Å²) < 4.78 is 5.68. The van der Waals surface area contributed by atoms with Crippen LogP contribution in [0.5, 0.6) is 5.75 Å². The maximum absolute atomic E-state index is 12.8. The van der Waals surface area contributed by atoms with Crippen molar-refractivity contribution in [3.63, 3.8) is 0 Å². The maximum Gasteiger partial charge on any atom is 0.253 e. The second-order valence-corrected chi connectivity index (χ2v) is 7.61. The number of carbonyl (C=O) groups excluding carboxylic acids is 2. The summed E-state index contributed by atoms with van der Waals surface area (Å²) in [5.41, 5.74) is 2.50. The van der Waals surface area contributed by atoms with Crippen LogP contribution in [0, 0.1) is 5.92 Å². The van der Waals surface area contributed by atoms with Crippen LogP contribution in [-0.2, 0) is 0 Å². The number of anilines is 1. The molecule has 148 valence electrons. The van der Waals surface area contributed by atoms with Gasteiger partial charge in [0.1, 0.15) is 5.75 Å². The van der Waals surface area contributed by atoms with Crippen molar-refractivity contribution in [1.82, 2.24) is 4.90 Å². The van der Waals surface area contributed by atoms with Crippen LogP contribution < -0.4 is 9.64 Å². The third kappa shape index (κ3) is 4.91. The average Bonchev–Trinajstić information content (AvgIpc) is 2.72. The largest absolute Gasteiger partial charge is 0.493 e. The minimum Gasteiger partial charge on any atom is -0.493 e. The van der Waals surface area contributed by atoms with Crippen molar-refractivity contribution in [3.8, 4) is 5.75 Å². The first-order valence-electron chi connectivity index (χ1n) is 9.82. The van der Waals surface area contributed by atoms with Crippen LogP contribution in [-0.4, -0.2) is 49.4 Å². The Balaban J connectivity index is 1.55. The summed E-state index contributed by atoms with van der Waals surface area (Å²) in [6.45, 7) is 9.37. The lowest BCUT2D eigenvalue weighted by molar-refractivity contribution is 0.0746. The van der Waals surface area contributed by atoms with E-state index in [1.165, 1.54) is 0 Å². The second-order valence-electron chi connectivity index (χ2n) is 7.61. The molecule has 0 N–H and O–H groups in total. The van der Waals surface area contributed by atoms with Crippen LogP contribution >= 0.6 is 0 Å². The first-order chi connectivity index (χ1) is 13.4. The average molecular weight is 380 g/mol. The van der Waals surface area contributed by atoms with Crippen molar-refractivity contribution in [2.75, 3.05) is 37.7 Å². The van der Waals surface area contributed by atoms with E-state index >= 15 is 0 Å². The van der Waals surface area contributed by atoms with E-state index in [-0.39, 0.29) is 11.7 Å². The highest BCUT2D eigenvalue weighted by molar-refractivity contribution is 5.95. The van der Waals surface area contributed by atoms with Gasteiger partial charge in [0.15, 0.2) is 5.78 Å². The lowest BCUT2D eigenvalue weighted by Crippen LogP contribution is -2.48. The number of nitrogens with zero attached hydrogens (tertiary/aromatic N) is 2. The number of ketones is 1. The van der Waals surface area contributed by atoms with Crippen LogP contribution in [0.25, 0.3) is 0 Å². The third-order valence-electron chi connectivity index (χ3n) is 4.89. The molecule has 0 saturated carbocycles. The maximum atomic E-state index is 12.8. The highest BCUT2D eigenvalue weighted by atomic mass is 16.5. The van der Waals surface area contributed by atoms with E-state index in [2.05, 4.69) is 18.7 Å². The van der Waals surface area contributed by atoms with E-state index in [1.54, 1.807) is 6.92 Å². The van der Waals surface area contributed by atoms with Gasteiger partial charge in [-0.15, -0.1) is 0 Å². The fourth-order valence-corrected chi connectivity index (χ4v) is 3.21. The van der Waals surface area contributed by atoms with Gasteiger partial charge in [0.05, 0.1) is 6.61 Å². The van der Waals surface area contributed by atoms with Gasteiger partial charge in [0.25, 0.3) is 5.91 Å². The van der Waals surface area contributed by atoms with Crippen LogP contribution in [0.15, 0.2) is 48.5 Å². The predicted molar refractivity (Wildman–Crippen MR) is 111 cm³/mol. The van der Waals surface area contributed by atoms with Gasteiger partial charge in [0, 0.05) is 43.0 Å². The Hall–Kier alpha value is -2.82. The molecule has 0 aromatic heterocycles. The van der Waals surface area contributed by atoms with E-state index in [9.17, 15) is 9.59 Å². The van der Waals surface area contributed by atoms with Gasteiger partial charge in [-0.05, 0) is 61.4 Å². The third-order valence-corrected chi connectivity index (χ3v) is 4.89. The number of piperazine rings is 1. The van der Waals surface area contributed by atoms with Crippen molar-refractivity contribution in [3.05, 3.63) is 59.7 Å². The van der Waals surface area contributed by atoms with Crippen molar-refractivity contribution in [2.45, 2.75) is 20.8 Å². The van der Waals surface area contributed by atoms with E-state index < -0.39 is 0 Å². The van der Waals surface area contributed by atoms with Gasteiger partial charge in [-0.25, -0.2) is 0 Å². The Morgan fingerprint density at radius 3 is 2.00 bits per heavy atom. The zero-order valence-electron chi connectivity index (χ0n) is 16.9. The Bertz CT molecular complexity index is 805. The molecule has 0 unspecified atom stereocenters. The zero-order valence-corrected chi connectivity index (χ0v) is 16.9. The normalized spacial score (nSPS) is 14.3. The van der Waals surface area contributed by atoms with Gasteiger partial charge in [0.2, 0.25) is 0 Å². The highest BCUT2D eigenvalue weighted by Crippen LogP contribution is 2.20. The van der Waals surface area contributed by atoms with Gasteiger partial charge in [-0.1, -0.05) is 13.8 Å². The van der Waals surface area contributed by atoms with E-state index in [0.717, 1.165) is 30.1 Å². The minimum absolute atomic E-state index is 0.0574. The molecule has 3 rings (SSSR count). The van der Waals surface area contributed by atoms with Gasteiger partial charge >= 0.3 is 0 Å². The molecule has 1 saturated heterocycles. The lowest BCUT2D eigenvalue weighted by Gasteiger charge is -2.36. The van der Waals surface area contributed by atoms with Crippen LogP contribution in [0.1, 0.15) is 41.5 Å². The fourth-order valence-electron chi connectivity index (χ4n) is 3.21. The Kier molecular flexibility index (Phi) is 6.34. The van der Waals surface area contributed by atoms with Crippen molar-refractivity contribution in [2.24, 2.45) is 5.92 Å². The molecule has 1 aliphatic heterocycles. The topological polar surface area (TPSA) is 49.9 Å². The first kappa shape index (κ1) is 19.9. The zero-order chi connectivity index (χ0) is 20.1. The molecule has 0 atom stereocenters. The molecule has 0 aliphatic carbocycles. The number of Topliss-reactive ketones (excluding diaryl/α,β-unsaturated/α-hetero) is 1. The van der Waals surface area contributed by atoms with Crippen molar-refractivity contribution >= 4 is 17.4 Å². The second kappa shape index (κ2) is 8.91. The van der Waals surface area contributed by atoms with Gasteiger partial charge in [-0.2, -0.15) is 0 Å². The number of hydrogen-bond acceptors (Lipinski definition) is 4. The Morgan fingerprint density at radius 2 is 1.46 bits per heavy atom. The molecule has 2 aromatic carbocycles. The van der Waals surface area contributed by atoms with Crippen molar-refractivity contribution in [1.29, 1.82) is 0 Å². The molecule has 2 aromatic rings. The number of rotatable bonds is 6. The molecule has 5 heteroatoms. The SMILES string of the molecule is CC(=O)c1ccc(N2CCN(C(=O)c3ccc(OCC(C)C)cc3)CC2)cc1. The molecule has 1 aliphatic rings. The summed E-state index contributed by atoms with van der Waals surface area (Å²) in [7, 11) is 0. The molecule has 1 heterocycles. The van der Waals surface area contributed by atoms with Gasteiger partial charge in [-0.3, -0.25) is 9.59 Å². The number of amides is 1. The molecule has 1 amide bonds. The predicted octanol–water partition coefficient (Wildman–Crippen LogP) is 3.89. The molecular weight excluding hydrogens is 352 g/mol. The molecule has 0 radical (unpaired) electrons. The fraction of sp³-hybridized carbons (Fsp3) is 0.391. The highest BCUT2D eigenvalue weighted by Gasteiger charge is 2.22. The molecule has 5 nitrogen and oxygen atoms in total. The lowest BCUT2D eigenvalue weighted by atomic mass is 10.1. The van der Waals surface area contributed by atoms with E-state index in [1.807, 2.05) is 53.4 Å². The summed E-state index contributed by atoms with van der Waals surface area (Å²) in [4.78, 5) is 28.3. The van der Waals surface area contributed by atoms with Crippen LogP contribution in [0.3, 0.4) is 0 Å². The summed E-state index contributed by atoms with van der Waals surface area (Å²) >= 11 is 0. The van der Waals surface area contributed by atoms with E-state index in [4.69, 9.17) is 4.74 Å². The molecule has 0 spiro atoms. The van der Waals surface area contributed by atoms with Crippen LogP contribution in [0.2, 0.25) is 0 Å². The minimum atomic E-state index is 0.0574. The van der Waals surface area contributed by atoms with Gasteiger partial charge < -0.3 is 14.5 Å². The number of ether oxygens (including phenoxy) is 1. The number of benzene rings is 2. The molecule has 1 fully saturated rings. The number of carbonyl (C=O) groups is 2. The van der Waals surface area contributed by atoms with Crippen molar-refractivity contribution < 1.29 is 14.3 Å².